The molecule has 0 aliphatic heterocycles. The quantitative estimate of drug-likeness (QED) is 0.811. The van der Waals surface area contributed by atoms with Crippen molar-refractivity contribution in [2.75, 3.05) is 7.11 Å². The van der Waals surface area contributed by atoms with Crippen molar-refractivity contribution in [1.82, 2.24) is 25.5 Å². The van der Waals surface area contributed by atoms with E-state index in [4.69, 9.17) is 4.74 Å². The molecular weight excluding hydrogens is 230 g/mol. The fourth-order valence-corrected chi connectivity index (χ4v) is 1.71. The van der Waals surface area contributed by atoms with Gasteiger partial charge in [0.05, 0.1) is 20.2 Å². The maximum absolute atomic E-state index is 5.11. The van der Waals surface area contributed by atoms with Gasteiger partial charge in [-0.1, -0.05) is 24.3 Å². The Balaban J connectivity index is 1.84. The molecule has 0 saturated heterocycles. The predicted octanol–water partition coefficient (Wildman–Crippen LogP) is 0.646. The monoisotopic (exact) mass is 247 g/mol. The lowest BCUT2D eigenvalue weighted by Crippen LogP contribution is -2.14. The minimum atomic E-state index is 0.613. The van der Waals surface area contributed by atoms with Gasteiger partial charge in [0.25, 0.3) is 0 Å². The molecule has 0 radical (unpaired) electrons. The normalized spacial score (nSPS) is 10.8. The molecule has 0 aliphatic rings. The molecule has 18 heavy (non-hydrogen) atoms. The standard InChI is InChI=1S/C12H17N5O/c1-17-15-12(14-16-17)8-13-7-10-4-3-5-11(6-10)9-18-2/h3-6,13H,7-9H2,1-2H3. The van der Waals surface area contributed by atoms with Crippen molar-refractivity contribution in [3.05, 3.63) is 41.2 Å². The van der Waals surface area contributed by atoms with Crippen LogP contribution in [0, 0.1) is 0 Å². The van der Waals surface area contributed by atoms with E-state index >= 15 is 0 Å². The van der Waals surface area contributed by atoms with Crippen LogP contribution in [0.25, 0.3) is 0 Å². The van der Waals surface area contributed by atoms with Crippen LogP contribution in [-0.2, 0) is 31.5 Å². The van der Waals surface area contributed by atoms with E-state index in [9.17, 15) is 0 Å². The first-order chi connectivity index (χ1) is 8.78. The molecule has 1 N–H and O–H groups in total. The molecule has 1 heterocycles. The largest absolute Gasteiger partial charge is 0.380 e. The molecule has 2 aromatic rings. The van der Waals surface area contributed by atoms with Crippen molar-refractivity contribution in [2.24, 2.45) is 7.05 Å². The van der Waals surface area contributed by atoms with Gasteiger partial charge in [-0.2, -0.15) is 4.80 Å². The fourth-order valence-electron chi connectivity index (χ4n) is 1.71. The lowest BCUT2D eigenvalue weighted by molar-refractivity contribution is 0.185. The van der Waals surface area contributed by atoms with Gasteiger partial charge >= 0.3 is 0 Å². The van der Waals surface area contributed by atoms with Gasteiger partial charge in [0, 0.05) is 13.7 Å². The zero-order chi connectivity index (χ0) is 12.8. The Morgan fingerprint density at radius 2 is 2.11 bits per heavy atom. The Labute approximate surface area is 106 Å². The second-order valence-electron chi connectivity index (χ2n) is 4.05. The molecule has 0 spiro atoms. The first-order valence-corrected chi connectivity index (χ1v) is 5.78. The summed E-state index contributed by atoms with van der Waals surface area (Å²) in [7, 11) is 3.45. The zero-order valence-corrected chi connectivity index (χ0v) is 10.6. The van der Waals surface area contributed by atoms with Crippen LogP contribution in [0.4, 0.5) is 0 Å². The average Bonchev–Trinajstić information content (AvgIpc) is 2.76. The highest BCUT2D eigenvalue weighted by atomic mass is 16.5. The molecule has 0 saturated carbocycles. The third kappa shape index (κ3) is 3.61. The van der Waals surface area contributed by atoms with Gasteiger partial charge in [-0.25, -0.2) is 0 Å². The molecule has 0 unspecified atom stereocenters. The van der Waals surface area contributed by atoms with Crippen molar-refractivity contribution in [1.29, 1.82) is 0 Å². The van der Waals surface area contributed by atoms with Crippen LogP contribution in [0.1, 0.15) is 17.0 Å². The maximum Gasteiger partial charge on any atom is 0.188 e. The third-order valence-electron chi connectivity index (χ3n) is 2.46. The minimum Gasteiger partial charge on any atom is -0.380 e. The Morgan fingerprint density at radius 3 is 2.83 bits per heavy atom. The maximum atomic E-state index is 5.11. The number of nitrogens with zero attached hydrogens (tertiary/aromatic N) is 4. The summed E-state index contributed by atoms with van der Waals surface area (Å²) in [6.07, 6.45) is 0. The van der Waals surface area contributed by atoms with E-state index in [0.717, 1.165) is 6.54 Å². The molecule has 2 rings (SSSR count). The summed E-state index contributed by atoms with van der Waals surface area (Å²) in [4.78, 5) is 1.45. The lowest BCUT2D eigenvalue weighted by atomic mass is 10.1. The molecular formula is C12H17N5O. The number of nitrogens with one attached hydrogen (secondary N) is 1. The molecule has 0 aliphatic carbocycles. The van der Waals surface area contributed by atoms with Crippen molar-refractivity contribution < 1.29 is 4.74 Å². The smallest absolute Gasteiger partial charge is 0.188 e. The number of ether oxygens (including phenoxy) is 1. The molecule has 1 aromatic carbocycles. The van der Waals surface area contributed by atoms with Gasteiger partial charge in [0.15, 0.2) is 5.82 Å². The highest BCUT2D eigenvalue weighted by molar-refractivity contribution is 5.22. The number of methoxy groups -OCH3 is 1. The number of rotatable bonds is 6. The van der Waals surface area contributed by atoms with Crippen LogP contribution >= 0.6 is 0 Å². The van der Waals surface area contributed by atoms with E-state index in [1.54, 1.807) is 14.2 Å². The summed E-state index contributed by atoms with van der Waals surface area (Å²) in [5.74, 6) is 0.700. The zero-order valence-electron chi connectivity index (χ0n) is 10.6. The van der Waals surface area contributed by atoms with Gasteiger partial charge in [0.2, 0.25) is 0 Å². The van der Waals surface area contributed by atoms with E-state index in [2.05, 4.69) is 38.9 Å². The van der Waals surface area contributed by atoms with E-state index in [0.29, 0.717) is 19.0 Å². The van der Waals surface area contributed by atoms with Crippen molar-refractivity contribution in [3.8, 4) is 0 Å². The van der Waals surface area contributed by atoms with Gasteiger partial charge in [-0.3, -0.25) is 0 Å². The van der Waals surface area contributed by atoms with E-state index in [1.807, 2.05) is 6.07 Å². The topological polar surface area (TPSA) is 64.9 Å². The molecule has 0 atom stereocenters. The summed E-state index contributed by atoms with van der Waals surface area (Å²) in [5, 5.41) is 15.1. The van der Waals surface area contributed by atoms with Crippen LogP contribution in [0.2, 0.25) is 0 Å². The number of hydrogen-bond acceptors (Lipinski definition) is 5. The van der Waals surface area contributed by atoms with E-state index < -0.39 is 0 Å². The van der Waals surface area contributed by atoms with E-state index in [-0.39, 0.29) is 0 Å². The second kappa shape index (κ2) is 6.23. The van der Waals surface area contributed by atoms with E-state index in [1.165, 1.54) is 15.9 Å². The minimum absolute atomic E-state index is 0.613. The van der Waals surface area contributed by atoms with Gasteiger partial charge in [0.1, 0.15) is 0 Å². The Morgan fingerprint density at radius 1 is 1.28 bits per heavy atom. The highest BCUT2D eigenvalue weighted by Gasteiger charge is 2.00. The van der Waals surface area contributed by atoms with Crippen LogP contribution in [0.15, 0.2) is 24.3 Å². The summed E-state index contributed by atoms with van der Waals surface area (Å²) in [6.45, 7) is 2.03. The summed E-state index contributed by atoms with van der Waals surface area (Å²) in [6, 6.07) is 8.29. The second-order valence-corrected chi connectivity index (χ2v) is 4.05. The molecule has 0 fully saturated rings. The van der Waals surface area contributed by atoms with Crippen LogP contribution in [-0.4, -0.2) is 27.3 Å². The van der Waals surface area contributed by atoms with Crippen molar-refractivity contribution in [3.63, 3.8) is 0 Å². The molecule has 6 heteroatoms. The summed E-state index contributed by atoms with van der Waals surface area (Å²) in [5.41, 5.74) is 2.39. The molecule has 1 aromatic heterocycles. The molecule has 96 valence electrons. The number of tetrazole rings is 1. The lowest BCUT2D eigenvalue weighted by Gasteiger charge is -2.05. The highest BCUT2D eigenvalue weighted by Crippen LogP contribution is 2.06. The van der Waals surface area contributed by atoms with Crippen LogP contribution in [0.5, 0.6) is 0 Å². The molecule has 6 nitrogen and oxygen atoms in total. The van der Waals surface area contributed by atoms with Gasteiger partial charge in [-0.05, 0) is 16.3 Å². The Bertz CT molecular complexity index is 497. The fraction of sp³-hybridized carbons (Fsp3) is 0.417. The Hall–Kier alpha value is -1.79. The summed E-state index contributed by atoms with van der Waals surface area (Å²) < 4.78 is 5.11. The van der Waals surface area contributed by atoms with Crippen molar-refractivity contribution in [2.45, 2.75) is 19.7 Å². The number of hydrogen-bond donors (Lipinski definition) is 1. The number of benzene rings is 1. The first kappa shape index (κ1) is 12.7. The molecule has 0 amide bonds. The Kier molecular flexibility index (Phi) is 4.38. The summed E-state index contributed by atoms with van der Waals surface area (Å²) >= 11 is 0. The average molecular weight is 247 g/mol. The molecule has 0 bridgehead atoms. The number of aromatic nitrogens is 4. The number of aryl methyl sites for hydroxylation is 1. The SMILES string of the molecule is COCc1cccc(CNCc2nnn(C)n2)c1. The third-order valence-corrected chi connectivity index (χ3v) is 2.46. The van der Waals surface area contributed by atoms with Gasteiger partial charge < -0.3 is 10.1 Å². The van der Waals surface area contributed by atoms with Crippen LogP contribution in [0.3, 0.4) is 0 Å². The van der Waals surface area contributed by atoms with Crippen molar-refractivity contribution >= 4 is 0 Å². The van der Waals surface area contributed by atoms with Crippen LogP contribution < -0.4 is 5.32 Å². The first-order valence-electron chi connectivity index (χ1n) is 5.78. The predicted molar refractivity (Wildman–Crippen MR) is 66.5 cm³/mol. The van der Waals surface area contributed by atoms with Gasteiger partial charge in [-0.15, -0.1) is 10.2 Å².